The molecule has 0 spiro atoms. The van der Waals surface area contributed by atoms with Crippen LogP contribution in [0.2, 0.25) is 0 Å². The first kappa shape index (κ1) is 11.5. The quantitative estimate of drug-likeness (QED) is 0.862. The number of ether oxygens (including phenoxy) is 1. The summed E-state index contributed by atoms with van der Waals surface area (Å²) in [5, 5.41) is 12.3. The molecule has 3 rings (SSSR count). The summed E-state index contributed by atoms with van der Waals surface area (Å²) in [5.41, 5.74) is 1.94. The Morgan fingerprint density at radius 3 is 3.05 bits per heavy atom. The first-order chi connectivity index (χ1) is 9.24. The molecule has 0 radical (unpaired) electrons. The number of pyridine rings is 1. The maximum absolute atomic E-state index is 11.0. The molecule has 1 unspecified atom stereocenters. The topological polar surface area (TPSA) is 71.5 Å². The molecule has 19 heavy (non-hydrogen) atoms. The van der Waals surface area contributed by atoms with Crippen LogP contribution in [0.1, 0.15) is 22.0 Å². The highest BCUT2D eigenvalue weighted by Crippen LogP contribution is 2.34. The van der Waals surface area contributed by atoms with Gasteiger partial charge in [0.05, 0.1) is 17.3 Å². The van der Waals surface area contributed by atoms with Gasteiger partial charge in [-0.05, 0) is 29.8 Å². The van der Waals surface area contributed by atoms with Crippen LogP contribution in [0.5, 0.6) is 5.75 Å². The third-order valence-corrected chi connectivity index (χ3v) is 3.05. The van der Waals surface area contributed by atoms with Crippen molar-refractivity contribution in [2.24, 2.45) is 0 Å². The number of aromatic carboxylic acids is 1. The van der Waals surface area contributed by atoms with E-state index >= 15 is 0 Å². The first-order valence-electron chi connectivity index (χ1n) is 5.90. The van der Waals surface area contributed by atoms with Crippen molar-refractivity contribution in [1.82, 2.24) is 4.98 Å². The van der Waals surface area contributed by atoms with Gasteiger partial charge in [-0.15, -0.1) is 0 Å². The van der Waals surface area contributed by atoms with Crippen LogP contribution in [-0.4, -0.2) is 22.7 Å². The second-order valence-electron chi connectivity index (χ2n) is 4.31. The van der Waals surface area contributed by atoms with E-state index in [-0.39, 0.29) is 11.6 Å². The molecule has 5 heteroatoms. The van der Waals surface area contributed by atoms with Crippen LogP contribution < -0.4 is 10.1 Å². The summed E-state index contributed by atoms with van der Waals surface area (Å²) in [5.74, 6) is -0.279. The van der Waals surface area contributed by atoms with Crippen molar-refractivity contribution in [1.29, 1.82) is 0 Å². The number of carboxylic acids is 1. The second-order valence-corrected chi connectivity index (χ2v) is 4.31. The molecule has 2 N–H and O–H groups in total. The first-order valence-corrected chi connectivity index (χ1v) is 5.90. The normalized spacial score (nSPS) is 16.9. The van der Waals surface area contributed by atoms with Crippen molar-refractivity contribution in [2.75, 3.05) is 11.9 Å². The number of anilines is 1. The summed E-state index contributed by atoms with van der Waals surface area (Å²) in [6.45, 7) is 0.491. The minimum Gasteiger partial charge on any atom is -0.489 e. The van der Waals surface area contributed by atoms with Gasteiger partial charge in [0.2, 0.25) is 0 Å². The highest BCUT2D eigenvalue weighted by atomic mass is 16.5. The van der Waals surface area contributed by atoms with Crippen molar-refractivity contribution in [3.05, 3.63) is 53.9 Å². The van der Waals surface area contributed by atoms with Crippen molar-refractivity contribution in [3.8, 4) is 5.75 Å². The lowest BCUT2D eigenvalue weighted by molar-refractivity contribution is 0.0697. The van der Waals surface area contributed by atoms with Gasteiger partial charge in [0.25, 0.3) is 0 Å². The van der Waals surface area contributed by atoms with Gasteiger partial charge in [-0.2, -0.15) is 0 Å². The molecule has 1 aromatic carbocycles. The predicted molar refractivity (Wildman–Crippen MR) is 69.5 cm³/mol. The van der Waals surface area contributed by atoms with Crippen molar-refractivity contribution in [3.63, 3.8) is 0 Å². The Morgan fingerprint density at radius 2 is 2.32 bits per heavy atom. The maximum Gasteiger partial charge on any atom is 0.335 e. The molecule has 0 bridgehead atoms. The molecule has 1 aliphatic heterocycles. The van der Waals surface area contributed by atoms with E-state index in [4.69, 9.17) is 9.84 Å². The average molecular weight is 256 g/mol. The van der Waals surface area contributed by atoms with Gasteiger partial charge in [-0.25, -0.2) is 4.79 Å². The smallest absolute Gasteiger partial charge is 0.335 e. The summed E-state index contributed by atoms with van der Waals surface area (Å²) in [4.78, 5) is 15.0. The van der Waals surface area contributed by atoms with E-state index in [9.17, 15) is 4.79 Å². The molecule has 1 atom stereocenters. The molecule has 0 amide bonds. The van der Waals surface area contributed by atoms with Crippen LogP contribution in [0.3, 0.4) is 0 Å². The number of carboxylic acid groups (broad SMARTS) is 1. The van der Waals surface area contributed by atoms with Crippen LogP contribution in [-0.2, 0) is 0 Å². The van der Waals surface area contributed by atoms with Gasteiger partial charge in [-0.1, -0.05) is 6.07 Å². The van der Waals surface area contributed by atoms with Gasteiger partial charge in [-0.3, -0.25) is 4.98 Å². The van der Waals surface area contributed by atoms with Crippen LogP contribution >= 0.6 is 0 Å². The molecular weight excluding hydrogens is 244 g/mol. The molecule has 2 heterocycles. The standard InChI is InChI=1S/C14H12N2O3/c17-14(18)9-3-4-13-11(6-9)16-12(8-19-13)10-2-1-5-15-7-10/h1-7,12,16H,8H2,(H,17,18). The third-order valence-electron chi connectivity index (χ3n) is 3.05. The van der Waals surface area contributed by atoms with E-state index in [0.29, 0.717) is 18.0 Å². The van der Waals surface area contributed by atoms with Crippen molar-refractivity contribution >= 4 is 11.7 Å². The Labute approximate surface area is 109 Å². The highest BCUT2D eigenvalue weighted by Gasteiger charge is 2.21. The number of carbonyl (C=O) groups is 1. The zero-order chi connectivity index (χ0) is 13.2. The summed E-state index contributed by atoms with van der Waals surface area (Å²) >= 11 is 0. The fourth-order valence-corrected chi connectivity index (χ4v) is 2.07. The van der Waals surface area contributed by atoms with Gasteiger partial charge in [0.15, 0.2) is 0 Å². The molecule has 0 aliphatic carbocycles. The fourth-order valence-electron chi connectivity index (χ4n) is 2.07. The minimum absolute atomic E-state index is 0.0229. The van der Waals surface area contributed by atoms with E-state index in [1.807, 2.05) is 12.1 Å². The number of hydrogen-bond acceptors (Lipinski definition) is 4. The number of hydrogen-bond donors (Lipinski definition) is 2. The third kappa shape index (κ3) is 2.22. The van der Waals surface area contributed by atoms with Crippen LogP contribution in [0.15, 0.2) is 42.7 Å². The SMILES string of the molecule is O=C(O)c1ccc2c(c1)NC(c1cccnc1)CO2. The Morgan fingerprint density at radius 1 is 1.42 bits per heavy atom. The lowest BCUT2D eigenvalue weighted by Crippen LogP contribution is -2.24. The molecule has 0 saturated carbocycles. The molecule has 96 valence electrons. The molecule has 5 nitrogen and oxygen atoms in total. The minimum atomic E-state index is -0.951. The lowest BCUT2D eigenvalue weighted by atomic mass is 10.1. The van der Waals surface area contributed by atoms with E-state index in [2.05, 4.69) is 10.3 Å². The van der Waals surface area contributed by atoms with Gasteiger partial charge in [0.1, 0.15) is 12.4 Å². The van der Waals surface area contributed by atoms with Gasteiger partial charge >= 0.3 is 5.97 Å². The summed E-state index contributed by atoms with van der Waals surface area (Å²) in [7, 11) is 0. The Kier molecular flexibility index (Phi) is 2.79. The van der Waals surface area contributed by atoms with Crippen LogP contribution in [0, 0.1) is 0 Å². The van der Waals surface area contributed by atoms with Crippen LogP contribution in [0.4, 0.5) is 5.69 Å². The number of nitrogens with zero attached hydrogens (tertiary/aromatic N) is 1. The van der Waals surface area contributed by atoms with Gasteiger partial charge in [0, 0.05) is 12.4 Å². The van der Waals surface area contributed by atoms with E-state index in [1.54, 1.807) is 24.5 Å². The average Bonchev–Trinajstić information content (AvgIpc) is 2.47. The largest absolute Gasteiger partial charge is 0.489 e. The lowest BCUT2D eigenvalue weighted by Gasteiger charge is -2.27. The van der Waals surface area contributed by atoms with E-state index in [1.165, 1.54) is 6.07 Å². The molecule has 0 saturated heterocycles. The number of nitrogens with one attached hydrogen (secondary N) is 1. The molecule has 1 aliphatic rings. The molecule has 1 aromatic heterocycles. The van der Waals surface area contributed by atoms with Crippen molar-refractivity contribution in [2.45, 2.75) is 6.04 Å². The van der Waals surface area contributed by atoms with E-state index in [0.717, 1.165) is 5.56 Å². The number of rotatable bonds is 2. The zero-order valence-corrected chi connectivity index (χ0v) is 10.0. The monoisotopic (exact) mass is 256 g/mol. The number of fused-ring (bicyclic) bond motifs is 1. The molecule has 0 fully saturated rings. The predicted octanol–water partition coefficient (Wildman–Crippen LogP) is 2.33. The summed E-state index contributed by atoms with van der Waals surface area (Å²) < 4.78 is 5.64. The van der Waals surface area contributed by atoms with Crippen molar-refractivity contribution < 1.29 is 14.6 Å². The summed E-state index contributed by atoms with van der Waals surface area (Å²) in [6, 6.07) is 8.59. The zero-order valence-electron chi connectivity index (χ0n) is 10.0. The second kappa shape index (κ2) is 4.61. The maximum atomic E-state index is 11.0. The Bertz CT molecular complexity index is 613. The Balaban J connectivity index is 1.90. The molecular formula is C14H12N2O3. The molecule has 2 aromatic rings. The van der Waals surface area contributed by atoms with E-state index < -0.39 is 5.97 Å². The van der Waals surface area contributed by atoms with Gasteiger partial charge < -0.3 is 15.2 Å². The summed E-state index contributed by atoms with van der Waals surface area (Å²) in [6.07, 6.45) is 3.48. The fraction of sp³-hybridized carbons (Fsp3) is 0.143. The highest BCUT2D eigenvalue weighted by molar-refractivity contribution is 5.89. The number of aromatic nitrogens is 1. The number of benzene rings is 1. The van der Waals surface area contributed by atoms with Crippen LogP contribution in [0.25, 0.3) is 0 Å². The Hall–Kier alpha value is -2.56.